The Labute approximate surface area is 303 Å². The molecule has 0 aliphatic carbocycles. The van der Waals surface area contributed by atoms with Crippen molar-refractivity contribution in [2.24, 2.45) is 0 Å². The Kier molecular flexibility index (Phi) is 5.67. The Bertz CT molecular complexity index is 3430. The highest BCUT2D eigenvalue weighted by Gasteiger charge is 2.17. The van der Waals surface area contributed by atoms with Gasteiger partial charge in [0.2, 0.25) is 0 Å². The van der Waals surface area contributed by atoms with Crippen molar-refractivity contribution < 1.29 is 8.83 Å². The molecule has 4 heteroatoms. The zero-order chi connectivity index (χ0) is 34.8. The van der Waals surface area contributed by atoms with Crippen molar-refractivity contribution in [3.8, 4) is 22.5 Å². The molecule has 53 heavy (non-hydrogen) atoms. The Morgan fingerprint density at radius 3 is 1.21 bits per heavy atom. The molecule has 0 bridgehead atoms. The van der Waals surface area contributed by atoms with Crippen LogP contribution in [0.1, 0.15) is 5.56 Å². The van der Waals surface area contributed by atoms with Gasteiger partial charge in [0, 0.05) is 54.5 Å². The predicted octanol–water partition coefficient (Wildman–Crippen LogP) is 13.7. The molecule has 0 spiro atoms. The molecule has 0 aliphatic rings. The Balaban J connectivity index is 1.01. The molecular weight excluding hydrogens is 649 g/mol. The lowest BCUT2D eigenvalue weighted by Crippen LogP contribution is -1.93. The molecule has 0 amide bonds. The molecular formula is C49H30N2O2. The van der Waals surface area contributed by atoms with Gasteiger partial charge in [0.25, 0.3) is 0 Å². The van der Waals surface area contributed by atoms with Crippen molar-refractivity contribution >= 4 is 87.5 Å². The van der Waals surface area contributed by atoms with Gasteiger partial charge in [0.15, 0.2) is 0 Å². The first-order valence-corrected chi connectivity index (χ1v) is 18.1. The van der Waals surface area contributed by atoms with Crippen LogP contribution in [0.25, 0.3) is 110 Å². The van der Waals surface area contributed by atoms with E-state index in [1.54, 1.807) is 0 Å². The van der Waals surface area contributed by atoms with Gasteiger partial charge in [0.05, 0.1) is 22.1 Å². The first-order chi connectivity index (χ1) is 26.2. The summed E-state index contributed by atoms with van der Waals surface area (Å²) in [6, 6.07) is 58.8. The van der Waals surface area contributed by atoms with Crippen LogP contribution < -0.4 is 0 Å². The molecule has 12 rings (SSSR count). The van der Waals surface area contributed by atoms with Crippen LogP contribution >= 0.6 is 0 Å². The monoisotopic (exact) mass is 678 g/mol. The maximum atomic E-state index is 6.40. The summed E-state index contributed by atoms with van der Waals surface area (Å²) in [5.74, 6) is 0. The van der Waals surface area contributed by atoms with E-state index in [1.807, 2.05) is 0 Å². The van der Waals surface area contributed by atoms with Crippen LogP contribution in [0, 0.1) is 6.92 Å². The molecule has 248 valence electrons. The third-order valence-corrected chi connectivity index (χ3v) is 11.2. The molecule has 0 saturated carbocycles. The number of hydrogen-bond acceptors (Lipinski definition) is 2. The standard InChI is InChI=1S/C49H30N2O2/c1-29-14-19-45-37(24-29)36-10-4-7-13-44(36)51(45)33-18-23-49-41(28-33)39-26-31(16-21-47(39)53-49)30-15-20-46-38(25-30)40-27-32(17-22-48(40)52-46)50-42-11-5-2-8-34(42)35-9-3-6-12-43(35)50/h2-28H,1H3. The van der Waals surface area contributed by atoms with E-state index in [0.29, 0.717) is 0 Å². The van der Waals surface area contributed by atoms with E-state index in [2.05, 4.69) is 180 Å². The van der Waals surface area contributed by atoms with E-state index >= 15 is 0 Å². The second-order valence-electron chi connectivity index (χ2n) is 14.2. The molecule has 0 unspecified atom stereocenters. The van der Waals surface area contributed by atoms with Crippen LogP contribution in [-0.4, -0.2) is 9.13 Å². The summed E-state index contributed by atoms with van der Waals surface area (Å²) < 4.78 is 17.5. The number of benzene rings is 8. The molecule has 4 heterocycles. The highest BCUT2D eigenvalue weighted by atomic mass is 16.3. The van der Waals surface area contributed by atoms with Gasteiger partial charge in [-0.3, -0.25) is 0 Å². The zero-order valence-corrected chi connectivity index (χ0v) is 28.8. The minimum Gasteiger partial charge on any atom is -0.456 e. The van der Waals surface area contributed by atoms with Gasteiger partial charge in [-0.15, -0.1) is 0 Å². The molecule has 4 aromatic heterocycles. The number of rotatable bonds is 3. The zero-order valence-electron chi connectivity index (χ0n) is 28.8. The fraction of sp³-hybridized carbons (Fsp3) is 0.0204. The molecule has 0 N–H and O–H groups in total. The lowest BCUT2D eigenvalue weighted by Gasteiger charge is -2.08. The fourth-order valence-corrected chi connectivity index (χ4v) is 8.73. The van der Waals surface area contributed by atoms with E-state index < -0.39 is 0 Å². The van der Waals surface area contributed by atoms with Crippen LogP contribution in [0.4, 0.5) is 0 Å². The second kappa shape index (κ2) is 10.5. The average molecular weight is 679 g/mol. The van der Waals surface area contributed by atoms with E-state index in [1.165, 1.54) is 49.2 Å². The third kappa shape index (κ3) is 4.06. The van der Waals surface area contributed by atoms with Crippen LogP contribution in [-0.2, 0) is 0 Å². The van der Waals surface area contributed by atoms with Gasteiger partial charge in [-0.25, -0.2) is 0 Å². The Morgan fingerprint density at radius 2 is 0.717 bits per heavy atom. The average Bonchev–Trinajstić information content (AvgIpc) is 3.94. The van der Waals surface area contributed by atoms with Crippen LogP contribution in [0.3, 0.4) is 0 Å². The van der Waals surface area contributed by atoms with Crippen molar-refractivity contribution in [1.82, 2.24) is 9.13 Å². The van der Waals surface area contributed by atoms with E-state index in [9.17, 15) is 0 Å². The van der Waals surface area contributed by atoms with Gasteiger partial charge in [0.1, 0.15) is 22.3 Å². The number of para-hydroxylation sites is 3. The SMILES string of the molecule is Cc1ccc2c(c1)c1ccccc1n2-c1ccc2oc3ccc(-c4ccc5oc6ccc(-n7c8ccccc8c8ccccc87)cc6c5c4)cc3c2c1. The third-order valence-electron chi connectivity index (χ3n) is 11.2. The van der Waals surface area contributed by atoms with Crippen molar-refractivity contribution in [3.05, 3.63) is 169 Å². The largest absolute Gasteiger partial charge is 0.456 e. The van der Waals surface area contributed by atoms with Gasteiger partial charge in [-0.2, -0.15) is 0 Å². The number of fused-ring (bicyclic) bond motifs is 12. The molecule has 12 aromatic rings. The van der Waals surface area contributed by atoms with Crippen molar-refractivity contribution in [1.29, 1.82) is 0 Å². The van der Waals surface area contributed by atoms with Crippen molar-refractivity contribution in [2.75, 3.05) is 0 Å². The van der Waals surface area contributed by atoms with Crippen molar-refractivity contribution in [3.63, 3.8) is 0 Å². The number of aromatic nitrogens is 2. The van der Waals surface area contributed by atoms with Gasteiger partial charge >= 0.3 is 0 Å². The molecule has 4 nitrogen and oxygen atoms in total. The van der Waals surface area contributed by atoms with Gasteiger partial charge in [-0.1, -0.05) is 78.4 Å². The molecule has 0 saturated heterocycles. The summed E-state index contributed by atoms with van der Waals surface area (Å²) in [5, 5.41) is 9.43. The van der Waals surface area contributed by atoms with Crippen molar-refractivity contribution in [2.45, 2.75) is 6.92 Å². The summed E-state index contributed by atoms with van der Waals surface area (Å²) >= 11 is 0. The summed E-state index contributed by atoms with van der Waals surface area (Å²) in [5.41, 5.74) is 14.1. The number of furan rings is 2. The predicted molar refractivity (Wildman–Crippen MR) is 220 cm³/mol. The summed E-state index contributed by atoms with van der Waals surface area (Å²) in [6.45, 7) is 2.16. The minimum atomic E-state index is 0.879. The fourth-order valence-electron chi connectivity index (χ4n) is 8.73. The van der Waals surface area contributed by atoms with E-state index in [-0.39, 0.29) is 0 Å². The van der Waals surface area contributed by atoms with E-state index in [4.69, 9.17) is 8.83 Å². The molecule has 0 radical (unpaired) electrons. The van der Waals surface area contributed by atoms with Crippen LogP contribution in [0.5, 0.6) is 0 Å². The quantitative estimate of drug-likeness (QED) is 0.186. The van der Waals surface area contributed by atoms with Crippen LogP contribution in [0.15, 0.2) is 173 Å². The smallest absolute Gasteiger partial charge is 0.135 e. The first-order valence-electron chi connectivity index (χ1n) is 18.1. The first kappa shape index (κ1) is 28.6. The molecule has 0 atom stereocenters. The topological polar surface area (TPSA) is 36.1 Å². The van der Waals surface area contributed by atoms with Gasteiger partial charge in [-0.05, 0) is 109 Å². The normalized spacial score (nSPS) is 12.2. The highest BCUT2D eigenvalue weighted by molar-refractivity contribution is 6.13. The highest BCUT2D eigenvalue weighted by Crippen LogP contribution is 2.40. The molecule has 8 aromatic carbocycles. The second-order valence-corrected chi connectivity index (χ2v) is 14.2. The van der Waals surface area contributed by atoms with Crippen LogP contribution in [0.2, 0.25) is 0 Å². The number of nitrogens with zero attached hydrogens (tertiary/aromatic N) is 2. The van der Waals surface area contributed by atoms with E-state index in [0.717, 1.165) is 66.4 Å². The number of hydrogen-bond donors (Lipinski definition) is 0. The lowest BCUT2D eigenvalue weighted by molar-refractivity contribution is 0.668. The minimum absolute atomic E-state index is 0.879. The summed E-state index contributed by atoms with van der Waals surface area (Å²) in [7, 11) is 0. The maximum absolute atomic E-state index is 6.40. The Morgan fingerprint density at radius 1 is 0.321 bits per heavy atom. The number of aryl methyl sites for hydroxylation is 1. The molecule has 0 fully saturated rings. The Hall–Kier alpha value is -7.04. The summed E-state index contributed by atoms with van der Waals surface area (Å²) in [6.07, 6.45) is 0. The lowest BCUT2D eigenvalue weighted by atomic mass is 10.0. The summed E-state index contributed by atoms with van der Waals surface area (Å²) in [4.78, 5) is 0. The molecule has 0 aliphatic heterocycles. The van der Waals surface area contributed by atoms with Gasteiger partial charge < -0.3 is 18.0 Å². The maximum Gasteiger partial charge on any atom is 0.135 e.